The van der Waals surface area contributed by atoms with Gasteiger partial charge in [-0.15, -0.1) is 3.77 Å². The van der Waals surface area contributed by atoms with Crippen LogP contribution in [-0.2, 0) is 26.5 Å². The van der Waals surface area contributed by atoms with Gasteiger partial charge in [0.2, 0.25) is 5.28 Å². The SMILES string of the molecule is Cc1ccc(S(=O)(=O)N=S(C)Cc2cnc(Cl)nc2Cl)cc1. The fraction of sp³-hybridized carbons (Fsp3) is 0.231. The molecule has 0 N–H and O–H groups in total. The minimum absolute atomic E-state index is 0.0500. The largest absolute Gasteiger partial charge is 0.287 e. The number of nitrogens with zero attached hydrogens (tertiary/aromatic N) is 3. The van der Waals surface area contributed by atoms with Gasteiger partial charge in [0, 0.05) is 17.5 Å². The highest BCUT2D eigenvalue weighted by molar-refractivity contribution is 7.99. The molecule has 1 aromatic carbocycles. The summed E-state index contributed by atoms with van der Waals surface area (Å²) in [5.41, 5.74) is 1.60. The highest BCUT2D eigenvalue weighted by Crippen LogP contribution is 2.18. The summed E-state index contributed by atoms with van der Waals surface area (Å²) in [5, 5.41) is 0.260. The van der Waals surface area contributed by atoms with Crippen LogP contribution in [-0.4, -0.2) is 24.6 Å². The molecular formula is C13H13Cl2N3O2S2. The van der Waals surface area contributed by atoms with Gasteiger partial charge >= 0.3 is 0 Å². The molecule has 0 amide bonds. The molecule has 118 valence electrons. The maximum absolute atomic E-state index is 12.2. The van der Waals surface area contributed by atoms with Gasteiger partial charge in [-0.05, 0) is 36.9 Å². The molecule has 0 bridgehead atoms. The van der Waals surface area contributed by atoms with Crippen molar-refractivity contribution in [3.05, 3.63) is 52.0 Å². The number of halogens is 2. The number of rotatable bonds is 4. The van der Waals surface area contributed by atoms with E-state index in [0.29, 0.717) is 11.3 Å². The Hall–Kier alpha value is -1.02. The number of sulfonamides is 1. The van der Waals surface area contributed by atoms with Gasteiger partial charge < -0.3 is 0 Å². The molecule has 2 rings (SSSR count). The monoisotopic (exact) mass is 377 g/mol. The molecule has 1 heterocycles. The van der Waals surface area contributed by atoms with Crippen LogP contribution in [0.4, 0.5) is 0 Å². The van der Waals surface area contributed by atoms with E-state index in [0.717, 1.165) is 5.56 Å². The smallest absolute Gasteiger partial charge is 0.226 e. The van der Waals surface area contributed by atoms with Crippen molar-refractivity contribution in [2.24, 2.45) is 3.77 Å². The first-order chi connectivity index (χ1) is 10.3. The molecule has 0 aliphatic rings. The van der Waals surface area contributed by atoms with E-state index in [9.17, 15) is 8.42 Å². The summed E-state index contributed by atoms with van der Waals surface area (Å²) in [5.74, 6) is 0.334. The molecule has 0 radical (unpaired) electrons. The van der Waals surface area contributed by atoms with Gasteiger partial charge in [0.25, 0.3) is 10.0 Å². The van der Waals surface area contributed by atoms with E-state index in [-0.39, 0.29) is 15.3 Å². The lowest BCUT2D eigenvalue weighted by Crippen LogP contribution is -2.02. The number of hydrogen-bond donors (Lipinski definition) is 0. The highest BCUT2D eigenvalue weighted by Gasteiger charge is 2.13. The Bertz CT molecular complexity index is 822. The first-order valence-electron chi connectivity index (χ1n) is 6.12. The van der Waals surface area contributed by atoms with Crippen LogP contribution in [0.25, 0.3) is 0 Å². The number of hydrogen-bond acceptors (Lipinski definition) is 4. The third kappa shape index (κ3) is 4.49. The summed E-state index contributed by atoms with van der Waals surface area (Å²) >= 11 is 11.6. The molecule has 0 aliphatic carbocycles. The Labute approximate surface area is 141 Å². The Morgan fingerprint density at radius 3 is 2.45 bits per heavy atom. The molecule has 0 spiro atoms. The fourth-order valence-corrected chi connectivity index (χ4v) is 5.12. The molecule has 0 saturated heterocycles. The third-order valence-corrected chi connectivity index (χ3v) is 6.60. The molecule has 0 aliphatic heterocycles. The van der Waals surface area contributed by atoms with Gasteiger partial charge in [-0.25, -0.2) is 9.97 Å². The van der Waals surface area contributed by atoms with Gasteiger partial charge in [-0.2, -0.15) is 8.42 Å². The summed E-state index contributed by atoms with van der Waals surface area (Å²) in [6.07, 6.45) is 3.20. The van der Waals surface area contributed by atoms with Crippen LogP contribution in [0.5, 0.6) is 0 Å². The maximum Gasteiger partial charge on any atom is 0.287 e. The van der Waals surface area contributed by atoms with Crippen LogP contribution in [0.3, 0.4) is 0 Å². The van der Waals surface area contributed by atoms with Crippen LogP contribution in [0.2, 0.25) is 10.4 Å². The standard InChI is InChI=1S/C13H13Cl2N3O2S2/c1-9-3-5-11(6-4-9)22(19,20)18-21(2)8-10-7-16-13(15)17-12(10)14/h3-7H,8H2,1-2H3. The summed E-state index contributed by atoms with van der Waals surface area (Å²) < 4.78 is 28.4. The Morgan fingerprint density at radius 2 is 1.86 bits per heavy atom. The molecule has 22 heavy (non-hydrogen) atoms. The van der Waals surface area contributed by atoms with Gasteiger partial charge in [-0.1, -0.05) is 40.0 Å². The second-order valence-corrected chi connectivity index (χ2v) is 8.77. The number of aryl methyl sites for hydroxylation is 1. The zero-order valence-corrected chi connectivity index (χ0v) is 15.0. The predicted octanol–water partition coefficient (Wildman–Crippen LogP) is 3.41. The summed E-state index contributed by atoms with van der Waals surface area (Å²) in [7, 11) is -4.47. The molecule has 0 fully saturated rings. The van der Waals surface area contributed by atoms with Crippen LogP contribution in [0, 0.1) is 6.92 Å². The first kappa shape index (κ1) is 17.3. The van der Waals surface area contributed by atoms with Gasteiger partial charge in [0.1, 0.15) is 5.15 Å². The lowest BCUT2D eigenvalue weighted by atomic mass is 10.2. The van der Waals surface area contributed by atoms with Gasteiger partial charge in [0.15, 0.2) is 0 Å². The molecule has 1 aromatic heterocycles. The van der Waals surface area contributed by atoms with E-state index in [1.807, 2.05) is 6.92 Å². The van der Waals surface area contributed by atoms with Crippen LogP contribution in [0.1, 0.15) is 11.1 Å². The molecule has 2 aromatic rings. The average Bonchev–Trinajstić information content (AvgIpc) is 2.42. The van der Waals surface area contributed by atoms with Crippen molar-refractivity contribution in [1.29, 1.82) is 0 Å². The number of benzene rings is 1. The quantitative estimate of drug-likeness (QED) is 0.604. The number of aromatic nitrogens is 2. The van der Waals surface area contributed by atoms with E-state index < -0.39 is 20.7 Å². The van der Waals surface area contributed by atoms with E-state index in [4.69, 9.17) is 23.2 Å². The lowest BCUT2D eigenvalue weighted by molar-refractivity contribution is 0.598. The average molecular weight is 378 g/mol. The van der Waals surface area contributed by atoms with Crippen molar-refractivity contribution in [2.45, 2.75) is 17.6 Å². The van der Waals surface area contributed by atoms with Crippen molar-refractivity contribution in [3.63, 3.8) is 0 Å². The van der Waals surface area contributed by atoms with E-state index in [2.05, 4.69) is 13.7 Å². The van der Waals surface area contributed by atoms with Gasteiger partial charge in [-0.3, -0.25) is 0 Å². The Kier molecular flexibility index (Phi) is 5.55. The zero-order valence-electron chi connectivity index (χ0n) is 11.8. The van der Waals surface area contributed by atoms with E-state index in [1.54, 1.807) is 30.5 Å². The fourth-order valence-electron chi connectivity index (χ4n) is 1.64. The molecule has 5 nitrogen and oxygen atoms in total. The molecule has 1 atom stereocenters. The molecular weight excluding hydrogens is 365 g/mol. The lowest BCUT2D eigenvalue weighted by Gasteiger charge is -2.05. The van der Waals surface area contributed by atoms with Crippen molar-refractivity contribution >= 4 is 43.9 Å². The molecule has 9 heteroatoms. The molecule has 0 saturated carbocycles. The zero-order chi connectivity index (χ0) is 16.3. The highest BCUT2D eigenvalue weighted by atomic mass is 35.5. The Balaban J connectivity index is 2.25. The second-order valence-electron chi connectivity index (χ2n) is 4.56. The Morgan fingerprint density at radius 1 is 1.23 bits per heavy atom. The predicted molar refractivity (Wildman–Crippen MR) is 89.8 cm³/mol. The summed E-state index contributed by atoms with van der Waals surface area (Å²) in [6, 6.07) is 6.56. The van der Waals surface area contributed by atoms with Crippen LogP contribution < -0.4 is 0 Å². The molecule has 1 unspecified atom stereocenters. The minimum atomic E-state index is -3.69. The van der Waals surface area contributed by atoms with Crippen molar-refractivity contribution in [2.75, 3.05) is 6.26 Å². The van der Waals surface area contributed by atoms with Gasteiger partial charge in [0.05, 0.1) is 4.90 Å². The third-order valence-electron chi connectivity index (χ3n) is 2.69. The normalized spacial score (nSPS) is 13.3. The minimum Gasteiger partial charge on any atom is -0.226 e. The van der Waals surface area contributed by atoms with E-state index in [1.165, 1.54) is 6.20 Å². The first-order valence-corrected chi connectivity index (χ1v) is 10.1. The second kappa shape index (κ2) is 7.04. The van der Waals surface area contributed by atoms with Crippen molar-refractivity contribution in [3.8, 4) is 0 Å². The van der Waals surface area contributed by atoms with Crippen LogP contribution >= 0.6 is 23.2 Å². The van der Waals surface area contributed by atoms with Crippen LogP contribution in [0.15, 0.2) is 39.1 Å². The maximum atomic E-state index is 12.2. The topological polar surface area (TPSA) is 72.3 Å². The van der Waals surface area contributed by atoms with Crippen molar-refractivity contribution in [1.82, 2.24) is 9.97 Å². The summed E-state index contributed by atoms with van der Waals surface area (Å²) in [4.78, 5) is 7.84. The summed E-state index contributed by atoms with van der Waals surface area (Å²) in [6.45, 7) is 1.89. The van der Waals surface area contributed by atoms with Crippen molar-refractivity contribution < 1.29 is 8.42 Å². The van der Waals surface area contributed by atoms with E-state index >= 15 is 0 Å².